The second-order valence-corrected chi connectivity index (χ2v) is 9.50. The normalized spacial score (nSPS) is 11.6. The molecule has 9 heteroatoms. The average Bonchev–Trinajstić information content (AvgIpc) is 2.88. The van der Waals surface area contributed by atoms with Gasteiger partial charge in [-0.3, -0.25) is 14.9 Å². The zero-order valence-corrected chi connectivity index (χ0v) is 22.3. The van der Waals surface area contributed by atoms with Gasteiger partial charge in [-0.25, -0.2) is 4.98 Å². The number of nitro groups is 1. The minimum absolute atomic E-state index is 0.0855. The molecule has 0 aliphatic heterocycles. The summed E-state index contributed by atoms with van der Waals surface area (Å²) in [6, 6.07) is 15.6. The highest BCUT2D eigenvalue weighted by Gasteiger charge is 2.21. The van der Waals surface area contributed by atoms with E-state index in [1.165, 1.54) is 17.0 Å². The number of rotatable bonds is 8. The average molecular weight is 515 g/mol. The van der Waals surface area contributed by atoms with Crippen molar-refractivity contribution in [2.45, 2.75) is 46.6 Å². The van der Waals surface area contributed by atoms with E-state index in [1.54, 1.807) is 51.3 Å². The lowest BCUT2D eigenvalue weighted by molar-refractivity contribution is -0.386. The minimum Gasteiger partial charge on any atom is -0.496 e. The molecule has 3 aromatic carbocycles. The molecule has 0 N–H and O–H groups in total. The smallest absolute Gasteiger partial charge is 0.311 e. The molecule has 9 nitrogen and oxygen atoms in total. The first kappa shape index (κ1) is 26.5. The molecule has 0 saturated heterocycles. The Labute approximate surface area is 220 Å². The lowest BCUT2D eigenvalue weighted by Gasteiger charge is -2.17. The lowest BCUT2D eigenvalue weighted by atomic mass is 9.96. The molecule has 0 aliphatic carbocycles. The summed E-state index contributed by atoms with van der Waals surface area (Å²) in [5.41, 5.74) is 2.92. The fourth-order valence-corrected chi connectivity index (χ4v) is 4.24. The van der Waals surface area contributed by atoms with Crippen molar-refractivity contribution in [3.05, 3.63) is 91.8 Å². The van der Waals surface area contributed by atoms with Gasteiger partial charge in [0.25, 0.3) is 5.56 Å². The van der Waals surface area contributed by atoms with Gasteiger partial charge in [0.1, 0.15) is 5.75 Å². The quantitative estimate of drug-likeness (QED) is 0.160. The fourth-order valence-electron chi connectivity index (χ4n) is 4.24. The Balaban J connectivity index is 1.99. The lowest BCUT2D eigenvalue weighted by Crippen LogP contribution is -2.21. The first-order valence-electron chi connectivity index (χ1n) is 12.3. The Kier molecular flexibility index (Phi) is 7.57. The van der Waals surface area contributed by atoms with Gasteiger partial charge < -0.3 is 9.47 Å². The van der Waals surface area contributed by atoms with E-state index in [0.717, 1.165) is 22.4 Å². The van der Waals surface area contributed by atoms with E-state index in [9.17, 15) is 14.9 Å². The van der Waals surface area contributed by atoms with E-state index in [2.05, 4.69) is 18.9 Å². The van der Waals surface area contributed by atoms with Crippen LogP contribution in [0, 0.1) is 17.0 Å². The summed E-state index contributed by atoms with van der Waals surface area (Å²) in [6.07, 6.45) is 1.09. The number of ether oxygens (including phenoxy) is 2. The van der Waals surface area contributed by atoms with Crippen molar-refractivity contribution in [1.82, 2.24) is 9.66 Å². The second kappa shape index (κ2) is 10.8. The maximum Gasteiger partial charge on any atom is 0.311 e. The van der Waals surface area contributed by atoms with Crippen LogP contribution in [-0.2, 0) is 0 Å². The first-order chi connectivity index (χ1) is 18.1. The molecule has 4 aromatic rings. The number of hydrogen-bond donors (Lipinski definition) is 0. The summed E-state index contributed by atoms with van der Waals surface area (Å²) in [4.78, 5) is 29.7. The molecule has 0 amide bonds. The number of aromatic nitrogens is 2. The van der Waals surface area contributed by atoms with Crippen molar-refractivity contribution in [2.24, 2.45) is 5.10 Å². The van der Waals surface area contributed by atoms with Crippen molar-refractivity contribution < 1.29 is 14.4 Å². The maximum absolute atomic E-state index is 13.7. The van der Waals surface area contributed by atoms with Gasteiger partial charge in [-0.1, -0.05) is 32.0 Å². The molecule has 0 fully saturated rings. The molecule has 4 rings (SSSR count). The number of benzene rings is 3. The second-order valence-electron chi connectivity index (χ2n) is 9.50. The molecular formula is C29H30N4O5. The topological polar surface area (TPSA) is 109 Å². The summed E-state index contributed by atoms with van der Waals surface area (Å²) in [6.45, 7) is 9.62. The van der Waals surface area contributed by atoms with E-state index in [-0.39, 0.29) is 29.0 Å². The standard InChI is InChI=1S/C29H30N4O5/c1-17(2)22-15-23(19(5)14-26(22)37-6)28-31-24-12-8-7-11-21(24)29(34)32(28)30-16-20-10-9-13-25(33(35)36)27(20)38-18(3)4/h7-18H,1-6H3. The summed E-state index contributed by atoms with van der Waals surface area (Å²) >= 11 is 0. The van der Waals surface area contributed by atoms with E-state index < -0.39 is 4.92 Å². The highest BCUT2D eigenvalue weighted by atomic mass is 16.6. The predicted octanol–water partition coefficient (Wildman–Crippen LogP) is 6.08. The summed E-state index contributed by atoms with van der Waals surface area (Å²) in [5.74, 6) is 1.35. The van der Waals surface area contributed by atoms with Crippen LogP contribution >= 0.6 is 0 Å². The highest BCUT2D eigenvalue weighted by molar-refractivity contribution is 5.86. The molecule has 1 heterocycles. The van der Waals surface area contributed by atoms with Gasteiger partial charge in [-0.15, -0.1) is 0 Å². The minimum atomic E-state index is -0.502. The zero-order chi connectivity index (χ0) is 27.6. The zero-order valence-electron chi connectivity index (χ0n) is 22.3. The van der Waals surface area contributed by atoms with E-state index in [1.807, 2.05) is 25.1 Å². The van der Waals surface area contributed by atoms with Crippen LogP contribution in [0.15, 0.2) is 64.5 Å². The third kappa shape index (κ3) is 5.13. The molecule has 0 unspecified atom stereocenters. The van der Waals surface area contributed by atoms with E-state index in [0.29, 0.717) is 22.3 Å². The Morgan fingerprint density at radius 2 is 1.82 bits per heavy atom. The fraction of sp³-hybridized carbons (Fsp3) is 0.276. The number of nitrogens with zero attached hydrogens (tertiary/aromatic N) is 4. The Hall–Kier alpha value is -4.53. The largest absolute Gasteiger partial charge is 0.496 e. The predicted molar refractivity (Wildman–Crippen MR) is 149 cm³/mol. The van der Waals surface area contributed by atoms with Crippen LogP contribution in [0.3, 0.4) is 0 Å². The van der Waals surface area contributed by atoms with Crippen molar-refractivity contribution in [3.8, 4) is 22.9 Å². The number of methoxy groups -OCH3 is 1. The Bertz CT molecular complexity index is 1610. The van der Waals surface area contributed by atoms with Gasteiger partial charge in [0.05, 0.1) is 35.3 Å². The van der Waals surface area contributed by atoms with Crippen molar-refractivity contribution in [3.63, 3.8) is 0 Å². The Morgan fingerprint density at radius 1 is 1.08 bits per heavy atom. The third-order valence-corrected chi connectivity index (χ3v) is 6.08. The molecular weight excluding hydrogens is 484 g/mol. The van der Waals surface area contributed by atoms with E-state index in [4.69, 9.17) is 14.5 Å². The summed E-state index contributed by atoms with van der Waals surface area (Å²) in [5, 5.41) is 16.6. The molecule has 196 valence electrons. The number of nitro benzene ring substituents is 1. The molecule has 0 bridgehead atoms. The van der Waals surface area contributed by atoms with Crippen LogP contribution < -0.4 is 15.0 Å². The first-order valence-corrected chi connectivity index (χ1v) is 12.3. The number of hydrogen-bond acceptors (Lipinski definition) is 7. The maximum atomic E-state index is 13.7. The summed E-state index contributed by atoms with van der Waals surface area (Å²) < 4.78 is 12.6. The van der Waals surface area contributed by atoms with Gasteiger partial charge in [0.2, 0.25) is 5.75 Å². The van der Waals surface area contributed by atoms with Crippen LogP contribution in [0.5, 0.6) is 11.5 Å². The Morgan fingerprint density at radius 3 is 2.47 bits per heavy atom. The van der Waals surface area contributed by atoms with Gasteiger partial charge in [0.15, 0.2) is 5.82 Å². The van der Waals surface area contributed by atoms with Gasteiger partial charge in [0, 0.05) is 17.2 Å². The van der Waals surface area contributed by atoms with Gasteiger partial charge in [-0.05, 0) is 68.1 Å². The van der Waals surface area contributed by atoms with Crippen molar-refractivity contribution in [2.75, 3.05) is 7.11 Å². The van der Waals surface area contributed by atoms with Crippen LogP contribution in [0.25, 0.3) is 22.3 Å². The number of aryl methyl sites for hydroxylation is 1. The van der Waals surface area contributed by atoms with Crippen molar-refractivity contribution in [1.29, 1.82) is 0 Å². The molecule has 38 heavy (non-hydrogen) atoms. The van der Waals surface area contributed by atoms with Crippen LogP contribution in [-0.4, -0.2) is 34.0 Å². The summed E-state index contributed by atoms with van der Waals surface area (Å²) in [7, 11) is 1.63. The third-order valence-electron chi connectivity index (χ3n) is 6.08. The van der Waals surface area contributed by atoms with Gasteiger partial charge in [-0.2, -0.15) is 9.78 Å². The van der Waals surface area contributed by atoms with Crippen LogP contribution in [0.4, 0.5) is 5.69 Å². The highest BCUT2D eigenvalue weighted by Crippen LogP contribution is 2.34. The SMILES string of the molecule is COc1cc(C)c(-c2nc3ccccc3c(=O)n2N=Cc2cccc([N+](=O)[O-])c2OC(C)C)cc1C(C)C. The van der Waals surface area contributed by atoms with E-state index >= 15 is 0 Å². The molecule has 0 saturated carbocycles. The molecule has 0 aliphatic rings. The monoisotopic (exact) mass is 514 g/mol. The molecule has 0 radical (unpaired) electrons. The van der Waals surface area contributed by atoms with Gasteiger partial charge >= 0.3 is 5.69 Å². The number of para-hydroxylation sites is 2. The van der Waals surface area contributed by atoms with Crippen LogP contribution in [0.2, 0.25) is 0 Å². The van der Waals surface area contributed by atoms with Crippen molar-refractivity contribution >= 4 is 22.8 Å². The molecule has 1 aromatic heterocycles. The molecule has 0 atom stereocenters. The van der Waals surface area contributed by atoms with Crippen LogP contribution in [0.1, 0.15) is 50.3 Å². The number of fused-ring (bicyclic) bond motifs is 1. The molecule has 0 spiro atoms.